The molecule has 1 fully saturated rings. The molecule has 1 aliphatic carbocycles. The van der Waals surface area contributed by atoms with Crippen LogP contribution in [-0.2, 0) is 12.0 Å². The van der Waals surface area contributed by atoms with Gasteiger partial charge >= 0.3 is 6.03 Å². The van der Waals surface area contributed by atoms with Crippen molar-refractivity contribution in [3.05, 3.63) is 29.1 Å². The Labute approximate surface area is 135 Å². The summed E-state index contributed by atoms with van der Waals surface area (Å²) in [5.74, 6) is 0.113. The number of carbonyl (C=O) groups excluding carboxylic acids is 1. The molecule has 0 atom stereocenters. The highest BCUT2D eigenvalue weighted by Gasteiger charge is 2.52. The molecule has 4 N–H and O–H groups in total. The van der Waals surface area contributed by atoms with Crippen LogP contribution in [-0.4, -0.2) is 30.0 Å². The SMILES string of the molecule is C.CCOc1ccc(F)c2c1CN(C(=O)N=C(N)N)CC21CC1. The van der Waals surface area contributed by atoms with Gasteiger partial charge in [-0.25, -0.2) is 9.18 Å². The van der Waals surface area contributed by atoms with Gasteiger partial charge in [0.15, 0.2) is 5.96 Å². The number of ether oxygens (including phenoxy) is 1. The maximum absolute atomic E-state index is 14.3. The number of nitrogens with two attached hydrogens (primary N) is 2. The minimum absolute atomic E-state index is 0. The zero-order valence-corrected chi connectivity index (χ0v) is 12.4. The fourth-order valence-electron chi connectivity index (χ4n) is 3.19. The Morgan fingerprint density at radius 3 is 2.70 bits per heavy atom. The molecular weight excluding hydrogens is 299 g/mol. The van der Waals surface area contributed by atoms with Gasteiger partial charge in [-0.2, -0.15) is 4.99 Å². The van der Waals surface area contributed by atoms with Crippen molar-refractivity contribution in [2.75, 3.05) is 13.2 Å². The second-order valence-electron chi connectivity index (χ2n) is 5.79. The number of hydrogen-bond acceptors (Lipinski definition) is 2. The molecule has 1 aliphatic heterocycles. The molecule has 3 rings (SSSR count). The van der Waals surface area contributed by atoms with E-state index in [1.807, 2.05) is 6.92 Å². The molecule has 1 spiro atoms. The van der Waals surface area contributed by atoms with Crippen LogP contribution in [0.15, 0.2) is 17.1 Å². The number of aliphatic imine (C=N–C) groups is 1. The zero-order valence-electron chi connectivity index (χ0n) is 12.4. The summed E-state index contributed by atoms with van der Waals surface area (Å²) in [6.07, 6.45) is 1.69. The van der Waals surface area contributed by atoms with Crippen molar-refractivity contribution in [3.63, 3.8) is 0 Å². The third kappa shape index (κ3) is 2.95. The number of carbonyl (C=O) groups is 1. The summed E-state index contributed by atoms with van der Waals surface area (Å²) in [6.45, 7) is 3.03. The van der Waals surface area contributed by atoms with Crippen LogP contribution < -0.4 is 16.2 Å². The van der Waals surface area contributed by atoms with Crippen molar-refractivity contribution in [1.82, 2.24) is 4.90 Å². The van der Waals surface area contributed by atoms with E-state index >= 15 is 0 Å². The zero-order chi connectivity index (χ0) is 15.9. The van der Waals surface area contributed by atoms with E-state index in [-0.39, 0.29) is 31.2 Å². The predicted octanol–water partition coefficient (Wildman–Crippen LogP) is 2.10. The van der Waals surface area contributed by atoms with E-state index in [9.17, 15) is 9.18 Å². The van der Waals surface area contributed by atoms with Crippen molar-refractivity contribution in [1.29, 1.82) is 0 Å². The van der Waals surface area contributed by atoms with Crippen LogP contribution in [0.1, 0.15) is 38.3 Å². The Bertz CT molecular complexity index is 652. The van der Waals surface area contributed by atoms with E-state index in [0.717, 1.165) is 18.4 Å². The summed E-state index contributed by atoms with van der Waals surface area (Å²) in [4.78, 5) is 17.3. The van der Waals surface area contributed by atoms with Crippen molar-refractivity contribution in [3.8, 4) is 5.75 Å². The maximum Gasteiger partial charge on any atom is 0.347 e. The number of urea groups is 1. The molecule has 0 aromatic heterocycles. The molecule has 2 aliphatic rings. The van der Waals surface area contributed by atoms with E-state index < -0.39 is 6.03 Å². The van der Waals surface area contributed by atoms with Gasteiger partial charge in [0.05, 0.1) is 13.2 Å². The molecule has 2 amide bonds. The van der Waals surface area contributed by atoms with Crippen molar-refractivity contribution in [2.24, 2.45) is 16.5 Å². The monoisotopic (exact) mass is 322 g/mol. The minimum atomic E-state index is -0.497. The standard InChI is InChI=1S/C15H19FN4O2.CH4/c1-2-22-11-4-3-10(16)12-9(11)7-20(8-15(12)5-6-15)14(21)19-13(17)18;/h3-4H,2,5-8H2,1H3,(H4,17,18,19,21);1H4. The van der Waals surface area contributed by atoms with Crippen LogP contribution in [0.4, 0.5) is 9.18 Å². The first-order valence-corrected chi connectivity index (χ1v) is 7.30. The predicted molar refractivity (Wildman–Crippen MR) is 86.8 cm³/mol. The molecule has 1 heterocycles. The summed E-state index contributed by atoms with van der Waals surface area (Å²) in [7, 11) is 0. The summed E-state index contributed by atoms with van der Waals surface area (Å²) in [6, 6.07) is 2.56. The van der Waals surface area contributed by atoms with Gasteiger partial charge in [-0.15, -0.1) is 0 Å². The fraction of sp³-hybridized carbons (Fsp3) is 0.500. The number of nitrogens with zero attached hydrogens (tertiary/aromatic N) is 2. The van der Waals surface area contributed by atoms with Crippen molar-refractivity contribution in [2.45, 2.75) is 39.2 Å². The molecule has 0 saturated heterocycles. The van der Waals surface area contributed by atoms with Gasteiger partial charge in [-0.3, -0.25) is 0 Å². The van der Waals surface area contributed by atoms with E-state index in [1.165, 1.54) is 6.07 Å². The van der Waals surface area contributed by atoms with Crippen LogP contribution >= 0.6 is 0 Å². The van der Waals surface area contributed by atoms with Crippen LogP contribution in [0.5, 0.6) is 5.75 Å². The highest BCUT2D eigenvalue weighted by atomic mass is 19.1. The normalized spacial score (nSPS) is 17.0. The van der Waals surface area contributed by atoms with E-state index in [2.05, 4.69) is 4.99 Å². The summed E-state index contributed by atoms with van der Waals surface area (Å²) in [5.41, 5.74) is 11.6. The Morgan fingerprint density at radius 1 is 1.43 bits per heavy atom. The quantitative estimate of drug-likeness (QED) is 0.644. The lowest BCUT2D eigenvalue weighted by Gasteiger charge is -2.35. The van der Waals surface area contributed by atoms with Gasteiger partial charge in [-0.1, -0.05) is 7.43 Å². The lowest BCUT2D eigenvalue weighted by molar-refractivity contribution is 0.190. The van der Waals surface area contributed by atoms with Gasteiger partial charge in [-0.05, 0) is 31.9 Å². The molecule has 1 aromatic carbocycles. The Morgan fingerprint density at radius 2 is 2.13 bits per heavy atom. The van der Waals surface area contributed by atoms with Crippen molar-refractivity contribution >= 4 is 12.0 Å². The highest BCUT2D eigenvalue weighted by Crippen LogP contribution is 2.54. The first-order chi connectivity index (χ1) is 10.5. The second kappa shape index (κ2) is 6.06. The molecule has 1 saturated carbocycles. The lowest BCUT2D eigenvalue weighted by Crippen LogP contribution is -2.42. The molecule has 0 unspecified atom stereocenters. The lowest BCUT2D eigenvalue weighted by atomic mass is 9.86. The molecule has 126 valence electrons. The Balaban J connectivity index is 0.00000192. The number of fused-ring (bicyclic) bond motifs is 2. The van der Waals surface area contributed by atoms with Crippen molar-refractivity contribution < 1.29 is 13.9 Å². The molecule has 23 heavy (non-hydrogen) atoms. The van der Waals surface area contributed by atoms with E-state index in [1.54, 1.807) is 11.0 Å². The average molecular weight is 322 g/mol. The summed E-state index contributed by atoms with van der Waals surface area (Å²) in [5, 5.41) is 0. The molecule has 0 bridgehead atoms. The van der Waals surface area contributed by atoms with Gasteiger partial charge in [0.25, 0.3) is 0 Å². The number of hydrogen-bond donors (Lipinski definition) is 2. The van der Waals surface area contributed by atoms with Crippen LogP contribution in [0.2, 0.25) is 0 Å². The van der Waals surface area contributed by atoms with E-state index in [4.69, 9.17) is 16.2 Å². The van der Waals surface area contributed by atoms with Gasteiger partial charge in [0.2, 0.25) is 0 Å². The Kier molecular flexibility index (Phi) is 4.49. The first kappa shape index (κ1) is 17.1. The fourth-order valence-corrected chi connectivity index (χ4v) is 3.19. The number of rotatable bonds is 2. The largest absolute Gasteiger partial charge is 0.494 e. The number of guanidine groups is 1. The second-order valence-corrected chi connectivity index (χ2v) is 5.79. The number of halogens is 1. The third-order valence-electron chi connectivity index (χ3n) is 4.24. The molecule has 7 heteroatoms. The maximum atomic E-state index is 14.3. The molecule has 0 radical (unpaired) electrons. The van der Waals surface area contributed by atoms with Crippen LogP contribution in [0.25, 0.3) is 0 Å². The molecule has 1 aromatic rings. The number of amides is 2. The Hall–Kier alpha value is -2.31. The third-order valence-corrected chi connectivity index (χ3v) is 4.24. The number of benzene rings is 1. The van der Waals surface area contributed by atoms with Gasteiger partial charge < -0.3 is 21.1 Å². The van der Waals surface area contributed by atoms with Crippen LogP contribution in [0, 0.1) is 5.82 Å². The summed E-state index contributed by atoms with van der Waals surface area (Å²) < 4.78 is 19.9. The highest BCUT2D eigenvalue weighted by molar-refractivity contribution is 5.90. The van der Waals surface area contributed by atoms with Gasteiger partial charge in [0, 0.05) is 23.1 Å². The molecule has 6 nitrogen and oxygen atoms in total. The smallest absolute Gasteiger partial charge is 0.347 e. The van der Waals surface area contributed by atoms with Gasteiger partial charge in [0.1, 0.15) is 11.6 Å². The minimum Gasteiger partial charge on any atom is -0.494 e. The summed E-state index contributed by atoms with van der Waals surface area (Å²) >= 11 is 0. The van der Waals surface area contributed by atoms with Crippen LogP contribution in [0.3, 0.4) is 0 Å². The topological polar surface area (TPSA) is 93.9 Å². The van der Waals surface area contributed by atoms with E-state index in [0.29, 0.717) is 24.5 Å². The first-order valence-electron chi connectivity index (χ1n) is 7.30. The average Bonchev–Trinajstić information content (AvgIpc) is 3.20. The molecular formula is C16H23FN4O2.